The summed E-state index contributed by atoms with van der Waals surface area (Å²) in [4.78, 5) is 0. The average Bonchev–Trinajstić information content (AvgIpc) is 2.78. The molecule has 0 saturated heterocycles. The second-order valence-electron chi connectivity index (χ2n) is 6.65. The van der Waals surface area contributed by atoms with Crippen molar-refractivity contribution in [3.05, 3.63) is 90.0 Å². The Hall–Kier alpha value is -2.98. The zero-order valence-electron chi connectivity index (χ0n) is 17.0. The minimum absolute atomic E-state index is 0.570. The number of hydrogen-bond donors (Lipinski definition) is 1. The van der Waals surface area contributed by atoms with E-state index in [9.17, 15) is 0 Å². The summed E-state index contributed by atoms with van der Waals surface area (Å²) in [6.07, 6.45) is 0.912. The predicted octanol–water partition coefficient (Wildman–Crippen LogP) is 5.34. The lowest BCUT2D eigenvalue weighted by Crippen LogP contribution is -2.06. The molecule has 0 atom stereocenters. The Morgan fingerprint density at radius 3 is 2.00 bits per heavy atom. The Kier molecular flexibility index (Phi) is 8.42. The van der Waals surface area contributed by atoms with Crippen LogP contribution in [0.3, 0.4) is 0 Å². The molecule has 152 valence electrons. The molecule has 29 heavy (non-hydrogen) atoms. The highest BCUT2D eigenvalue weighted by Crippen LogP contribution is 2.18. The fraction of sp³-hybridized carbons (Fsp3) is 0.280. The minimum Gasteiger partial charge on any atom is -0.493 e. The van der Waals surface area contributed by atoms with Crippen molar-refractivity contribution in [2.75, 3.05) is 31.7 Å². The van der Waals surface area contributed by atoms with Gasteiger partial charge in [-0.2, -0.15) is 0 Å². The Morgan fingerprint density at radius 1 is 0.655 bits per heavy atom. The third-order valence-electron chi connectivity index (χ3n) is 4.48. The summed E-state index contributed by atoms with van der Waals surface area (Å²) in [7, 11) is 0. The Bertz CT molecular complexity index is 817. The van der Waals surface area contributed by atoms with Crippen molar-refractivity contribution in [3.8, 4) is 11.5 Å². The van der Waals surface area contributed by atoms with Gasteiger partial charge in [0.1, 0.15) is 18.1 Å². The normalized spacial score (nSPS) is 10.5. The molecule has 0 heterocycles. The lowest BCUT2D eigenvalue weighted by Gasteiger charge is -2.10. The van der Waals surface area contributed by atoms with Crippen LogP contribution in [0.25, 0.3) is 0 Å². The maximum absolute atomic E-state index is 5.85. The molecule has 3 rings (SSSR count). The predicted molar refractivity (Wildman–Crippen MR) is 118 cm³/mol. The standard InChI is InChI=1S/C25H29NO3/c1-2-27-18-19-29-25-14-10-23(11-15-25)26-20-22-8-12-24(13-9-22)28-17-16-21-6-4-3-5-7-21/h3-15,26H,2,16-20H2,1H3. The van der Waals surface area contributed by atoms with Crippen molar-refractivity contribution >= 4 is 5.69 Å². The van der Waals surface area contributed by atoms with Gasteiger partial charge >= 0.3 is 0 Å². The monoisotopic (exact) mass is 391 g/mol. The van der Waals surface area contributed by atoms with Crippen molar-refractivity contribution in [1.29, 1.82) is 0 Å². The van der Waals surface area contributed by atoms with Gasteiger partial charge in [-0.15, -0.1) is 0 Å². The number of hydrogen-bond acceptors (Lipinski definition) is 4. The Balaban J connectivity index is 1.38. The minimum atomic E-state index is 0.570. The summed E-state index contributed by atoms with van der Waals surface area (Å²) in [5.74, 6) is 1.76. The van der Waals surface area contributed by atoms with Gasteiger partial charge in [0.2, 0.25) is 0 Å². The van der Waals surface area contributed by atoms with Gasteiger partial charge in [0.15, 0.2) is 0 Å². The van der Waals surface area contributed by atoms with Crippen molar-refractivity contribution in [1.82, 2.24) is 0 Å². The topological polar surface area (TPSA) is 39.7 Å². The van der Waals surface area contributed by atoms with Gasteiger partial charge in [-0.25, -0.2) is 0 Å². The Morgan fingerprint density at radius 2 is 1.31 bits per heavy atom. The molecule has 0 aliphatic carbocycles. The van der Waals surface area contributed by atoms with Crippen LogP contribution in [0.1, 0.15) is 18.1 Å². The molecule has 0 aliphatic rings. The molecule has 0 fully saturated rings. The molecule has 0 aromatic heterocycles. The van der Waals surface area contributed by atoms with Crippen LogP contribution >= 0.6 is 0 Å². The lowest BCUT2D eigenvalue weighted by atomic mass is 10.2. The highest BCUT2D eigenvalue weighted by atomic mass is 16.5. The molecule has 4 heteroatoms. The zero-order chi connectivity index (χ0) is 20.2. The van der Waals surface area contributed by atoms with E-state index in [4.69, 9.17) is 14.2 Å². The van der Waals surface area contributed by atoms with E-state index in [1.54, 1.807) is 0 Å². The lowest BCUT2D eigenvalue weighted by molar-refractivity contribution is 0.110. The van der Waals surface area contributed by atoms with Gasteiger partial charge in [0, 0.05) is 25.3 Å². The number of rotatable bonds is 12. The first-order chi connectivity index (χ1) is 14.3. The molecule has 4 nitrogen and oxygen atoms in total. The van der Waals surface area contributed by atoms with Crippen LogP contribution in [-0.2, 0) is 17.7 Å². The van der Waals surface area contributed by atoms with E-state index in [1.807, 2.05) is 49.4 Å². The summed E-state index contributed by atoms with van der Waals surface area (Å²) in [6, 6.07) is 26.6. The van der Waals surface area contributed by atoms with Crippen LogP contribution in [0.2, 0.25) is 0 Å². The van der Waals surface area contributed by atoms with Crippen molar-refractivity contribution in [2.45, 2.75) is 19.9 Å². The second-order valence-corrected chi connectivity index (χ2v) is 6.65. The summed E-state index contributed by atoms with van der Waals surface area (Å²) in [5.41, 5.74) is 3.56. The maximum atomic E-state index is 5.85. The number of anilines is 1. The van der Waals surface area contributed by atoms with Gasteiger partial charge in [-0.1, -0.05) is 42.5 Å². The van der Waals surface area contributed by atoms with Crippen LogP contribution in [-0.4, -0.2) is 26.4 Å². The third kappa shape index (κ3) is 7.51. The van der Waals surface area contributed by atoms with Crippen LogP contribution in [0, 0.1) is 0 Å². The number of ether oxygens (including phenoxy) is 3. The van der Waals surface area contributed by atoms with E-state index in [2.05, 4.69) is 41.7 Å². The summed E-state index contributed by atoms with van der Waals surface area (Å²) < 4.78 is 16.7. The van der Waals surface area contributed by atoms with Crippen LogP contribution in [0.5, 0.6) is 11.5 Å². The van der Waals surface area contributed by atoms with E-state index in [0.29, 0.717) is 26.4 Å². The van der Waals surface area contributed by atoms with Gasteiger partial charge < -0.3 is 19.5 Å². The average molecular weight is 392 g/mol. The molecule has 0 unspecified atom stereocenters. The first-order valence-corrected chi connectivity index (χ1v) is 10.1. The third-order valence-corrected chi connectivity index (χ3v) is 4.48. The van der Waals surface area contributed by atoms with E-state index in [-0.39, 0.29) is 0 Å². The SMILES string of the molecule is CCOCCOc1ccc(NCc2ccc(OCCc3ccccc3)cc2)cc1. The van der Waals surface area contributed by atoms with E-state index in [1.165, 1.54) is 11.1 Å². The second kappa shape index (κ2) is 11.8. The number of nitrogens with one attached hydrogen (secondary N) is 1. The molecule has 3 aromatic carbocycles. The fourth-order valence-electron chi connectivity index (χ4n) is 2.87. The molecule has 0 radical (unpaired) electrons. The Labute approximate surface area is 173 Å². The first kappa shape index (κ1) is 20.7. The van der Waals surface area contributed by atoms with Gasteiger partial charge in [-0.3, -0.25) is 0 Å². The van der Waals surface area contributed by atoms with E-state index >= 15 is 0 Å². The van der Waals surface area contributed by atoms with Gasteiger partial charge in [0.05, 0.1) is 13.2 Å². The fourth-order valence-corrected chi connectivity index (χ4v) is 2.87. The van der Waals surface area contributed by atoms with Crippen molar-refractivity contribution in [3.63, 3.8) is 0 Å². The molecule has 0 spiro atoms. The molecular weight excluding hydrogens is 362 g/mol. The molecular formula is C25H29NO3. The highest BCUT2D eigenvalue weighted by Gasteiger charge is 1.99. The quantitative estimate of drug-likeness (QED) is 0.423. The molecule has 3 aromatic rings. The zero-order valence-corrected chi connectivity index (χ0v) is 17.0. The summed E-state index contributed by atoms with van der Waals surface area (Å²) in [6.45, 7) is 5.32. The number of benzene rings is 3. The molecule has 0 amide bonds. The van der Waals surface area contributed by atoms with E-state index < -0.39 is 0 Å². The molecule has 0 saturated carbocycles. The summed E-state index contributed by atoms with van der Waals surface area (Å²) in [5, 5.41) is 3.43. The largest absolute Gasteiger partial charge is 0.493 e. The maximum Gasteiger partial charge on any atom is 0.119 e. The molecule has 0 aliphatic heterocycles. The highest BCUT2D eigenvalue weighted by molar-refractivity contribution is 5.47. The summed E-state index contributed by atoms with van der Waals surface area (Å²) >= 11 is 0. The molecule has 0 bridgehead atoms. The molecule has 1 N–H and O–H groups in total. The van der Waals surface area contributed by atoms with Crippen molar-refractivity contribution in [2.24, 2.45) is 0 Å². The van der Waals surface area contributed by atoms with Gasteiger partial charge in [0.25, 0.3) is 0 Å². The van der Waals surface area contributed by atoms with Crippen molar-refractivity contribution < 1.29 is 14.2 Å². The van der Waals surface area contributed by atoms with E-state index in [0.717, 1.165) is 30.2 Å². The first-order valence-electron chi connectivity index (χ1n) is 10.1. The smallest absolute Gasteiger partial charge is 0.119 e. The van der Waals surface area contributed by atoms with Crippen LogP contribution in [0.15, 0.2) is 78.9 Å². The van der Waals surface area contributed by atoms with Crippen LogP contribution in [0.4, 0.5) is 5.69 Å². The van der Waals surface area contributed by atoms with Gasteiger partial charge in [-0.05, 0) is 54.4 Å². The van der Waals surface area contributed by atoms with Crippen LogP contribution < -0.4 is 14.8 Å².